The molecule has 0 bridgehead atoms. The van der Waals surface area contributed by atoms with Crippen molar-refractivity contribution in [2.75, 3.05) is 0 Å². The first kappa shape index (κ1) is 9.04. The Morgan fingerprint density at radius 2 is 2.00 bits per heavy atom. The summed E-state index contributed by atoms with van der Waals surface area (Å²) in [4.78, 5) is 0. The van der Waals surface area contributed by atoms with Crippen molar-refractivity contribution >= 4 is 20.6 Å². The normalized spacial score (nSPS) is 22.1. The summed E-state index contributed by atoms with van der Waals surface area (Å²) in [5.41, 5.74) is 0. The molecule has 1 aliphatic rings. The SMILES string of the molecule is O/N=C(/Br)CC1CCCCC1. The summed E-state index contributed by atoms with van der Waals surface area (Å²) in [5.74, 6) is 0.744. The summed E-state index contributed by atoms with van der Waals surface area (Å²) in [6.45, 7) is 0. The van der Waals surface area contributed by atoms with Gasteiger partial charge in [0.05, 0.1) is 0 Å². The second kappa shape index (κ2) is 4.75. The van der Waals surface area contributed by atoms with Gasteiger partial charge in [-0.2, -0.15) is 0 Å². The highest BCUT2D eigenvalue weighted by Crippen LogP contribution is 2.27. The highest BCUT2D eigenvalue weighted by Gasteiger charge is 2.14. The molecule has 0 heterocycles. The maximum atomic E-state index is 8.41. The quantitative estimate of drug-likeness (QED) is 0.432. The molecule has 0 aromatic heterocycles. The first-order valence-corrected chi connectivity index (χ1v) is 4.98. The van der Waals surface area contributed by atoms with Crippen LogP contribution < -0.4 is 0 Å². The van der Waals surface area contributed by atoms with Crippen LogP contribution >= 0.6 is 15.9 Å². The smallest absolute Gasteiger partial charge is 0.122 e. The second-order valence-electron chi connectivity index (χ2n) is 3.18. The van der Waals surface area contributed by atoms with E-state index < -0.39 is 0 Å². The molecule has 0 spiro atoms. The lowest BCUT2D eigenvalue weighted by molar-refractivity contribution is 0.314. The lowest BCUT2D eigenvalue weighted by Gasteiger charge is -2.20. The third-order valence-corrected chi connectivity index (χ3v) is 2.77. The van der Waals surface area contributed by atoms with E-state index in [1.54, 1.807) is 0 Å². The van der Waals surface area contributed by atoms with Crippen molar-refractivity contribution in [1.29, 1.82) is 0 Å². The summed E-state index contributed by atoms with van der Waals surface area (Å²) < 4.78 is 0.699. The lowest BCUT2D eigenvalue weighted by Crippen LogP contribution is -2.08. The molecule has 1 aliphatic carbocycles. The van der Waals surface area contributed by atoms with E-state index in [0.29, 0.717) is 4.62 Å². The molecule has 0 aromatic carbocycles. The topological polar surface area (TPSA) is 32.6 Å². The fourth-order valence-corrected chi connectivity index (χ4v) is 2.13. The van der Waals surface area contributed by atoms with Crippen LogP contribution in [0, 0.1) is 5.92 Å². The van der Waals surface area contributed by atoms with Crippen LogP contribution in [0.3, 0.4) is 0 Å². The molecular weight excluding hydrogens is 206 g/mol. The van der Waals surface area contributed by atoms with Crippen LogP contribution in [0.5, 0.6) is 0 Å². The number of hydrogen-bond donors (Lipinski definition) is 1. The van der Waals surface area contributed by atoms with Crippen LogP contribution in [-0.2, 0) is 0 Å². The Morgan fingerprint density at radius 3 is 2.55 bits per heavy atom. The molecule has 1 saturated carbocycles. The molecule has 1 rings (SSSR count). The molecule has 1 fully saturated rings. The molecule has 0 unspecified atom stereocenters. The molecule has 0 saturated heterocycles. The number of rotatable bonds is 2. The Labute approximate surface area is 75.8 Å². The van der Waals surface area contributed by atoms with E-state index in [1.165, 1.54) is 32.1 Å². The fraction of sp³-hybridized carbons (Fsp3) is 0.875. The molecule has 1 N–H and O–H groups in total. The average Bonchev–Trinajstić information content (AvgIpc) is 2.06. The van der Waals surface area contributed by atoms with Gasteiger partial charge in [-0.1, -0.05) is 37.3 Å². The minimum Gasteiger partial charge on any atom is -0.410 e. The zero-order valence-electron chi connectivity index (χ0n) is 6.59. The number of halogens is 1. The minimum atomic E-state index is 0.699. The molecule has 11 heavy (non-hydrogen) atoms. The van der Waals surface area contributed by atoms with Gasteiger partial charge in [0.15, 0.2) is 0 Å². The van der Waals surface area contributed by atoms with Crippen LogP contribution in [0.25, 0.3) is 0 Å². The molecule has 2 nitrogen and oxygen atoms in total. The largest absolute Gasteiger partial charge is 0.410 e. The summed E-state index contributed by atoms with van der Waals surface area (Å²) >= 11 is 3.21. The highest BCUT2D eigenvalue weighted by molar-refractivity contribution is 9.18. The first-order chi connectivity index (χ1) is 5.33. The van der Waals surface area contributed by atoms with Crippen LogP contribution in [0.1, 0.15) is 38.5 Å². The van der Waals surface area contributed by atoms with Crippen LogP contribution in [0.15, 0.2) is 5.16 Å². The summed E-state index contributed by atoms with van der Waals surface area (Å²) in [5, 5.41) is 11.5. The summed E-state index contributed by atoms with van der Waals surface area (Å²) in [7, 11) is 0. The van der Waals surface area contributed by atoms with Gasteiger partial charge in [0.1, 0.15) is 4.62 Å². The van der Waals surface area contributed by atoms with E-state index >= 15 is 0 Å². The fourth-order valence-electron chi connectivity index (χ4n) is 1.67. The zero-order chi connectivity index (χ0) is 8.10. The predicted octanol–water partition coefficient (Wildman–Crippen LogP) is 3.14. The van der Waals surface area contributed by atoms with E-state index in [9.17, 15) is 0 Å². The van der Waals surface area contributed by atoms with Crippen LogP contribution in [-0.4, -0.2) is 9.83 Å². The van der Waals surface area contributed by atoms with Crippen molar-refractivity contribution in [3.63, 3.8) is 0 Å². The zero-order valence-corrected chi connectivity index (χ0v) is 8.18. The highest BCUT2D eigenvalue weighted by atomic mass is 79.9. The third-order valence-electron chi connectivity index (χ3n) is 2.29. The molecule has 0 aromatic rings. The standard InChI is InChI=1S/C8H14BrNO/c9-8(10-11)6-7-4-2-1-3-5-7/h7,11H,1-6H2/b10-8+. The van der Waals surface area contributed by atoms with E-state index in [1.807, 2.05) is 0 Å². The first-order valence-electron chi connectivity index (χ1n) is 4.19. The maximum Gasteiger partial charge on any atom is 0.122 e. The van der Waals surface area contributed by atoms with Gasteiger partial charge in [0.2, 0.25) is 0 Å². The van der Waals surface area contributed by atoms with Gasteiger partial charge in [-0.25, -0.2) is 0 Å². The molecule has 0 amide bonds. The van der Waals surface area contributed by atoms with Gasteiger partial charge >= 0.3 is 0 Å². The Bertz CT molecular complexity index is 141. The molecule has 3 heteroatoms. The van der Waals surface area contributed by atoms with E-state index in [4.69, 9.17) is 5.21 Å². The third kappa shape index (κ3) is 3.23. The number of hydrogen-bond acceptors (Lipinski definition) is 2. The average molecular weight is 220 g/mol. The summed E-state index contributed by atoms with van der Waals surface area (Å²) in [6, 6.07) is 0. The van der Waals surface area contributed by atoms with Crippen LogP contribution in [0.2, 0.25) is 0 Å². The van der Waals surface area contributed by atoms with Crippen LogP contribution in [0.4, 0.5) is 0 Å². The Balaban J connectivity index is 2.24. The Morgan fingerprint density at radius 1 is 1.36 bits per heavy atom. The minimum absolute atomic E-state index is 0.699. The van der Waals surface area contributed by atoms with Crippen molar-refractivity contribution in [3.05, 3.63) is 0 Å². The van der Waals surface area contributed by atoms with Crippen molar-refractivity contribution in [3.8, 4) is 0 Å². The van der Waals surface area contributed by atoms with Gasteiger partial charge in [-0.3, -0.25) is 0 Å². The predicted molar refractivity (Wildman–Crippen MR) is 49.3 cm³/mol. The Kier molecular flexibility index (Phi) is 3.91. The number of oxime groups is 1. The molecular formula is C8H14BrNO. The van der Waals surface area contributed by atoms with Crippen molar-refractivity contribution < 1.29 is 5.21 Å². The van der Waals surface area contributed by atoms with Gasteiger partial charge in [0, 0.05) is 6.42 Å². The van der Waals surface area contributed by atoms with E-state index in [2.05, 4.69) is 21.1 Å². The maximum absolute atomic E-state index is 8.41. The molecule has 0 atom stereocenters. The van der Waals surface area contributed by atoms with Gasteiger partial charge in [-0.05, 0) is 21.8 Å². The molecule has 64 valence electrons. The van der Waals surface area contributed by atoms with Crippen molar-refractivity contribution in [2.24, 2.45) is 11.1 Å². The summed E-state index contributed by atoms with van der Waals surface area (Å²) in [6.07, 6.45) is 7.57. The van der Waals surface area contributed by atoms with Crippen molar-refractivity contribution in [1.82, 2.24) is 0 Å². The molecule has 0 radical (unpaired) electrons. The Hall–Kier alpha value is -0.0500. The van der Waals surface area contributed by atoms with Crippen molar-refractivity contribution in [2.45, 2.75) is 38.5 Å². The van der Waals surface area contributed by atoms with E-state index in [0.717, 1.165) is 12.3 Å². The van der Waals surface area contributed by atoms with Gasteiger partial charge in [-0.15, -0.1) is 0 Å². The van der Waals surface area contributed by atoms with E-state index in [-0.39, 0.29) is 0 Å². The van der Waals surface area contributed by atoms with Gasteiger partial charge in [0.25, 0.3) is 0 Å². The lowest BCUT2D eigenvalue weighted by atomic mass is 9.87. The monoisotopic (exact) mass is 219 g/mol. The number of nitrogens with zero attached hydrogens (tertiary/aromatic N) is 1. The van der Waals surface area contributed by atoms with Gasteiger partial charge < -0.3 is 5.21 Å². The second-order valence-corrected chi connectivity index (χ2v) is 4.10. The molecule has 0 aliphatic heterocycles.